The molecule has 3 aromatic rings. The molecule has 2 unspecified atom stereocenters. The van der Waals surface area contributed by atoms with Crippen molar-refractivity contribution in [1.29, 1.82) is 0 Å². The number of hydrogen-bond acceptors (Lipinski definition) is 9. The van der Waals surface area contributed by atoms with Crippen molar-refractivity contribution in [1.82, 2.24) is 19.5 Å². The predicted molar refractivity (Wildman–Crippen MR) is 122 cm³/mol. The molecular formula is C17H23ClN6O6P2. The molecule has 0 spiro atoms. The predicted octanol–water partition coefficient (Wildman–Crippen LogP) is 2.77. The van der Waals surface area contributed by atoms with Gasteiger partial charge >= 0.3 is 12.9 Å². The van der Waals surface area contributed by atoms with Crippen LogP contribution < -0.4 is 10.6 Å². The van der Waals surface area contributed by atoms with Gasteiger partial charge in [-0.3, -0.25) is 4.57 Å². The van der Waals surface area contributed by atoms with Crippen LogP contribution in [0.3, 0.4) is 0 Å². The molecule has 0 bridgehead atoms. The minimum Gasteiger partial charge on any atom is -0.352 e. The Hall–Kier alpha value is -2.04. The summed E-state index contributed by atoms with van der Waals surface area (Å²) in [6.45, 7) is 3.56. The van der Waals surface area contributed by atoms with Crippen molar-refractivity contribution in [2.75, 3.05) is 23.8 Å². The highest BCUT2D eigenvalue weighted by Crippen LogP contribution is 2.55. The number of nitrogens with zero attached hydrogens (tertiary/aromatic N) is 4. The molecule has 0 saturated carbocycles. The number of ether oxygens (including phenoxy) is 1. The zero-order chi connectivity index (χ0) is 23.5. The summed E-state index contributed by atoms with van der Waals surface area (Å²) in [5.41, 5.74) is 1.78. The van der Waals surface area contributed by atoms with Gasteiger partial charge in [-0.2, -0.15) is 9.97 Å². The summed E-state index contributed by atoms with van der Waals surface area (Å²) in [5.74, 6) is 0.595. The first-order chi connectivity index (χ1) is 15.0. The van der Waals surface area contributed by atoms with Crippen LogP contribution in [-0.4, -0.2) is 52.8 Å². The van der Waals surface area contributed by atoms with E-state index in [0.29, 0.717) is 27.7 Å². The second kappa shape index (κ2) is 9.84. The molecule has 2 heterocycles. The molecule has 5 N–H and O–H groups in total. The fraction of sp³-hybridized carbons (Fsp3) is 0.353. The van der Waals surface area contributed by atoms with E-state index in [1.54, 1.807) is 24.5 Å². The summed E-state index contributed by atoms with van der Waals surface area (Å²) in [6.07, 6.45) is 1.65. The lowest BCUT2D eigenvalue weighted by molar-refractivity contribution is -0.0841. The van der Waals surface area contributed by atoms with Crippen LogP contribution in [0.2, 0.25) is 5.02 Å². The van der Waals surface area contributed by atoms with Crippen LogP contribution in [-0.2, 0) is 13.9 Å². The third-order valence-electron chi connectivity index (χ3n) is 4.34. The number of halogens is 1. The van der Waals surface area contributed by atoms with Crippen molar-refractivity contribution in [3.63, 3.8) is 0 Å². The molecule has 2 atom stereocenters. The molecule has 15 heteroatoms. The van der Waals surface area contributed by atoms with Crippen LogP contribution in [0.4, 0.5) is 17.5 Å². The van der Waals surface area contributed by atoms with Gasteiger partial charge < -0.3 is 39.4 Å². The van der Waals surface area contributed by atoms with E-state index in [1.165, 1.54) is 0 Å². The average Bonchev–Trinajstić information content (AvgIpc) is 3.15. The zero-order valence-electron chi connectivity index (χ0n) is 17.1. The second-order valence-corrected chi connectivity index (χ2v) is 10.7. The Morgan fingerprint density at radius 2 is 2.09 bits per heavy atom. The number of nitrogens with one attached hydrogen (secondary N) is 2. The van der Waals surface area contributed by atoms with Crippen LogP contribution in [0, 0.1) is 0 Å². The van der Waals surface area contributed by atoms with Crippen molar-refractivity contribution < 1.29 is 28.8 Å². The summed E-state index contributed by atoms with van der Waals surface area (Å²) < 4.78 is 29.0. The quantitative estimate of drug-likeness (QED) is 0.156. The Morgan fingerprint density at radius 1 is 1.34 bits per heavy atom. The van der Waals surface area contributed by atoms with Crippen LogP contribution in [0.5, 0.6) is 0 Å². The highest BCUT2D eigenvalue weighted by atomic mass is 35.5. The maximum Gasteiger partial charge on any atom is 0.391 e. The van der Waals surface area contributed by atoms with Crippen LogP contribution in [0.15, 0.2) is 30.6 Å². The van der Waals surface area contributed by atoms with Crippen molar-refractivity contribution in [2.24, 2.45) is 0 Å². The lowest BCUT2D eigenvalue weighted by Crippen LogP contribution is -2.28. The first kappa shape index (κ1) is 24.6. The number of aromatic nitrogens is 4. The average molecular weight is 505 g/mol. The third kappa shape index (κ3) is 5.47. The van der Waals surface area contributed by atoms with Crippen molar-refractivity contribution >= 4 is 56.3 Å². The van der Waals surface area contributed by atoms with Crippen molar-refractivity contribution in [3.8, 4) is 0 Å². The molecule has 0 amide bonds. The molecule has 1 aromatic carbocycles. The van der Waals surface area contributed by atoms with Gasteiger partial charge in [-0.15, -0.1) is 0 Å². The molecule has 0 saturated heterocycles. The van der Waals surface area contributed by atoms with Gasteiger partial charge in [0.2, 0.25) is 5.95 Å². The minimum atomic E-state index is -5.13. The Kier molecular flexibility index (Phi) is 7.57. The first-order valence-electron chi connectivity index (χ1n) is 9.43. The number of fused-ring (bicyclic) bond motifs is 1. The fourth-order valence-corrected chi connectivity index (χ4v) is 3.90. The smallest absolute Gasteiger partial charge is 0.352 e. The maximum atomic E-state index is 11.3. The SMILES string of the molecule is CC(C)n1cnc2c(Nc3cccc(Cl)c3)nc(NCCOC(O)([PH2]=O)P(=O)(O)O)nc21. The lowest BCUT2D eigenvalue weighted by atomic mass is 10.3. The Balaban J connectivity index is 1.84. The molecule has 0 radical (unpaired) electrons. The summed E-state index contributed by atoms with van der Waals surface area (Å²) in [6, 6.07) is 7.14. The van der Waals surface area contributed by atoms with E-state index in [9.17, 15) is 14.2 Å². The van der Waals surface area contributed by atoms with Gasteiger partial charge in [0, 0.05) is 23.3 Å². The molecule has 0 aliphatic carbocycles. The summed E-state index contributed by atoms with van der Waals surface area (Å²) in [4.78, 5) is 31.5. The molecule has 32 heavy (non-hydrogen) atoms. The highest BCUT2D eigenvalue weighted by molar-refractivity contribution is 7.62. The largest absolute Gasteiger partial charge is 0.391 e. The third-order valence-corrected chi connectivity index (χ3v) is 7.33. The van der Waals surface area contributed by atoms with E-state index in [2.05, 4.69) is 25.6 Å². The second-order valence-electron chi connectivity index (χ2n) is 7.04. The maximum absolute atomic E-state index is 11.3. The van der Waals surface area contributed by atoms with Gasteiger partial charge in [0.1, 0.15) is 8.46 Å². The molecule has 174 valence electrons. The van der Waals surface area contributed by atoms with Crippen molar-refractivity contribution in [2.45, 2.75) is 25.2 Å². The molecular weight excluding hydrogens is 482 g/mol. The Bertz CT molecular complexity index is 1170. The molecule has 0 aliphatic rings. The van der Waals surface area contributed by atoms with Gasteiger partial charge in [0.15, 0.2) is 17.0 Å². The van der Waals surface area contributed by atoms with Crippen LogP contribution in [0.1, 0.15) is 19.9 Å². The zero-order valence-corrected chi connectivity index (χ0v) is 19.9. The molecule has 0 fully saturated rings. The highest BCUT2D eigenvalue weighted by Gasteiger charge is 2.46. The van der Waals surface area contributed by atoms with Crippen molar-refractivity contribution in [3.05, 3.63) is 35.6 Å². The number of imidazole rings is 1. The number of hydrogen-bond donors (Lipinski definition) is 5. The Labute approximate surface area is 189 Å². The van der Waals surface area contributed by atoms with E-state index in [0.717, 1.165) is 0 Å². The molecule has 0 aliphatic heterocycles. The van der Waals surface area contributed by atoms with Crippen LogP contribution in [0.25, 0.3) is 11.2 Å². The van der Waals surface area contributed by atoms with Gasteiger partial charge in [0.05, 0.1) is 12.9 Å². The number of rotatable bonds is 10. The normalized spacial score (nSPS) is 14.3. The van der Waals surface area contributed by atoms with Gasteiger partial charge in [-0.05, 0) is 32.0 Å². The van der Waals surface area contributed by atoms with E-state index in [4.69, 9.17) is 26.1 Å². The summed E-state index contributed by atoms with van der Waals surface area (Å²) in [5, 5.41) is 13.3. The molecule has 3 rings (SSSR count). The minimum absolute atomic E-state index is 0.0281. The van der Waals surface area contributed by atoms with Crippen LogP contribution >= 0.6 is 27.7 Å². The summed E-state index contributed by atoms with van der Waals surface area (Å²) in [7, 11) is -7.42. The van der Waals surface area contributed by atoms with E-state index in [1.807, 2.05) is 24.5 Å². The number of aliphatic hydroxyl groups is 1. The molecule has 12 nitrogen and oxygen atoms in total. The van der Waals surface area contributed by atoms with Gasteiger partial charge in [-0.1, -0.05) is 17.7 Å². The standard InChI is InChI=1S/C17H23ClN6O6P2/c1-10(2)24-9-20-13-14(21-12-5-3-4-11(18)8-12)22-16(23-15(13)24)19-6-7-30-17(25,31-26)32(27,28)29/h3-5,8-10,25H,6-7,31H2,1-2H3,(H2,27,28,29)(H2,19,21,22,23). The fourth-order valence-electron chi connectivity index (χ4n) is 2.71. The summed E-state index contributed by atoms with van der Waals surface area (Å²) >= 11 is 6.06. The topological polar surface area (TPSA) is 172 Å². The number of anilines is 3. The lowest BCUT2D eigenvalue weighted by Gasteiger charge is -2.23. The van der Waals surface area contributed by atoms with E-state index >= 15 is 0 Å². The Morgan fingerprint density at radius 3 is 2.72 bits per heavy atom. The monoisotopic (exact) mass is 504 g/mol. The van der Waals surface area contributed by atoms with E-state index < -0.39 is 21.3 Å². The van der Waals surface area contributed by atoms with Gasteiger partial charge in [0.25, 0.3) is 0 Å². The number of benzene rings is 1. The molecule has 2 aromatic heterocycles. The van der Waals surface area contributed by atoms with Gasteiger partial charge in [-0.25, -0.2) is 4.98 Å². The first-order valence-corrected chi connectivity index (χ1v) is 12.5. The van der Waals surface area contributed by atoms with E-state index in [-0.39, 0.29) is 25.1 Å².